The summed E-state index contributed by atoms with van der Waals surface area (Å²) in [7, 11) is 0. The van der Waals surface area contributed by atoms with E-state index in [4.69, 9.17) is 0 Å². The van der Waals surface area contributed by atoms with Gasteiger partial charge in [0.25, 0.3) is 0 Å². The van der Waals surface area contributed by atoms with Gasteiger partial charge < -0.3 is 5.11 Å². The number of rotatable bonds is 4. The van der Waals surface area contributed by atoms with Crippen LogP contribution in [0.5, 0.6) is 0 Å². The van der Waals surface area contributed by atoms with Gasteiger partial charge in [0.15, 0.2) is 0 Å². The third-order valence-electron chi connectivity index (χ3n) is 3.85. The van der Waals surface area contributed by atoms with Gasteiger partial charge in [0.1, 0.15) is 17.6 Å². The molecule has 0 aromatic heterocycles. The number of halogens is 1. The van der Waals surface area contributed by atoms with Crippen LogP contribution in [0.25, 0.3) is 6.08 Å². The highest BCUT2D eigenvalue weighted by Crippen LogP contribution is 2.46. The summed E-state index contributed by atoms with van der Waals surface area (Å²) >= 11 is 0. The number of nitrogens with zero attached hydrogens (tertiary/aromatic N) is 1. The molecular weight excluding hydrogens is 255 g/mol. The Morgan fingerprint density at radius 1 is 1.60 bits per heavy atom. The summed E-state index contributed by atoms with van der Waals surface area (Å²) in [4.78, 5) is 0. The molecule has 1 saturated carbocycles. The lowest BCUT2D eigenvalue weighted by molar-refractivity contribution is 0.0776. The van der Waals surface area contributed by atoms with Crippen molar-refractivity contribution < 1.29 is 9.50 Å². The molecule has 20 heavy (non-hydrogen) atoms. The van der Waals surface area contributed by atoms with Crippen LogP contribution in [-0.4, -0.2) is 16.9 Å². The number of aliphatic hydroxyl groups excluding tert-OH is 1. The van der Waals surface area contributed by atoms with E-state index in [9.17, 15) is 14.8 Å². The summed E-state index contributed by atoms with van der Waals surface area (Å²) in [6, 6.07) is 7.28. The zero-order chi connectivity index (χ0) is 14.8. The Morgan fingerprint density at radius 3 is 2.80 bits per heavy atom. The third-order valence-corrected chi connectivity index (χ3v) is 3.85. The van der Waals surface area contributed by atoms with Crippen molar-refractivity contribution in [1.82, 2.24) is 5.32 Å². The van der Waals surface area contributed by atoms with E-state index in [1.807, 2.05) is 25.1 Å². The van der Waals surface area contributed by atoms with Crippen LogP contribution < -0.4 is 5.32 Å². The highest BCUT2D eigenvalue weighted by atomic mass is 19.1. The summed E-state index contributed by atoms with van der Waals surface area (Å²) in [5.74, 6) is -0.515. The molecule has 1 aliphatic carbocycles. The number of nitriles is 1. The van der Waals surface area contributed by atoms with E-state index in [-0.39, 0.29) is 11.7 Å². The SMILES string of the molecule is CC=Cc1ccc(C2CCC2(C#N)NC(C)O)c(F)c1. The van der Waals surface area contributed by atoms with Crippen molar-refractivity contribution in [3.63, 3.8) is 0 Å². The number of hydrogen-bond donors (Lipinski definition) is 2. The lowest BCUT2D eigenvalue weighted by atomic mass is 9.64. The fourth-order valence-corrected chi connectivity index (χ4v) is 2.83. The van der Waals surface area contributed by atoms with Crippen molar-refractivity contribution in [1.29, 1.82) is 5.26 Å². The van der Waals surface area contributed by atoms with E-state index in [0.29, 0.717) is 12.0 Å². The van der Waals surface area contributed by atoms with Gasteiger partial charge in [0.05, 0.1) is 6.07 Å². The Balaban J connectivity index is 2.30. The molecule has 0 saturated heterocycles. The topological polar surface area (TPSA) is 56.0 Å². The minimum atomic E-state index is -0.864. The molecule has 1 aromatic carbocycles. The largest absolute Gasteiger partial charge is 0.379 e. The van der Waals surface area contributed by atoms with Gasteiger partial charge in [0, 0.05) is 5.92 Å². The molecule has 1 aromatic rings. The van der Waals surface area contributed by atoms with Crippen molar-refractivity contribution in [2.45, 2.75) is 44.4 Å². The Kier molecular flexibility index (Phi) is 4.22. The standard InChI is InChI=1S/C16H19FN2O/c1-3-4-12-5-6-13(15(17)9-12)14-7-8-16(14,10-18)19-11(2)20/h3-6,9,11,14,19-20H,7-8H2,1-2H3. The quantitative estimate of drug-likeness (QED) is 0.830. The van der Waals surface area contributed by atoms with Crippen molar-refractivity contribution >= 4 is 6.08 Å². The summed E-state index contributed by atoms with van der Waals surface area (Å²) in [5, 5.41) is 21.7. The monoisotopic (exact) mass is 274 g/mol. The van der Waals surface area contributed by atoms with Crippen LogP contribution in [0.2, 0.25) is 0 Å². The minimum absolute atomic E-state index is 0.221. The van der Waals surface area contributed by atoms with E-state index in [0.717, 1.165) is 12.0 Å². The third kappa shape index (κ3) is 2.60. The normalized spacial score (nSPS) is 27.1. The molecule has 106 valence electrons. The number of hydrogen-bond acceptors (Lipinski definition) is 3. The average molecular weight is 274 g/mol. The molecule has 0 spiro atoms. The van der Waals surface area contributed by atoms with Crippen LogP contribution in [0.3, 0.4) is 0 Å². The number of allylic oxidation sites excluding steroid dienone is 1. The summed E-state index contributed by atoms with van der Waals surface area (Å²) in [5.41, 5.74) is 0.482. The second-order valence-corrected chi connectivity index (χ2v) is 5.28. The second kappa shape index (κ2) is 5.74. The molecule has 4 heteroatoms. The van der Waals surface area contributed by atoms with Gasteiger partial charge in [-0.05, 0) is 43.9 Å². The lowest BCUT2D eigenvalue weighted by Crippen LogP contribution is -2.58. The van der Waals surface area contributed by atoms with Crippen LogP contribution in [0.15, 0.2) is 24.3 Å². The molecule has 3 nitrogen and oxygen atoms in total. The first-order valence-electron chi connectivity index (χ1n) is 6.81. The first-order chi connectivity index (χ1) is 9.52. The Hall–Kier alpha value is -1.70. The first kappa shape index (κ1) is 14.7. The smallest absolute Gasteiger partial charge is 0.127 e. The van der Waals surface area contributed by atoms with Crippen molar-refractivity contribution in [2.24, 2.45) is 0 Å². The molecule has 3 atom stereocenters. The molecule has 2 N–H and O–H groups in total. The lowest BCUT2D eigenvalue weighted by Gasteiger charge is -2.46. The van der Waals surface area contributed by atoms with Crippen LogP contribution in [0, 0.1) is 17.1 Å². The molecule has 0 bridgehead atoms. The fourth-order valence-electron chi connectivity index (χ4n) is 2.83. The Bertz CT molecular complexity index is 562. The molecule has 2 rings (SSSR count). The Morgan fingerprint density at radius 2 is 2.35 bits per heavy atom. The highest BCUT2D eigenvalue weighted by molar-refractivity contribution is 5.50. The van der Waals surface area contributed by atoms with Crippen LogP contribution in [-0.2, 0) is 0 Å². The average Bonchev–Trinajstić information content (AvgIpc) is 2.38. The van der Waals surface area contributed by atoms with Gasteiger partial charge in [0.2, 0.25) is 0 Å². The predicted molar refractivity (Wildman–Crippen MR) is 76.2 cm³/mol. The summed E-state index contributed by atoms with van der Waals surface area (Å²) < 4.78 is 14.2. The van der Waals surface area contributed by atoms with E-state index in [2.05, 4.69) is 11.4 Å². The molecule has 1 aliphatic rings. The molecule has 0 aliphatic heterocycles. The summed E-state index contributed by atoms with van der Waals surface area (Å²) in [6.07, 6.45) is 4.26. The molecule has 3 unspecified atom stereocenters. The van der Waals surface area contributed by atoms with Crippen LogP contribution >= 0.6 is 0 Å². The maximum atomic E-state index is 14.2. The minimum Gasteiger partial charge on any atom is -0.379 e. The zero-order valence-electron chi connectivity index (χ0n) is 11.7. The number of aliphatic hydroxyl groups is 1. The van der Waals surface area contributed by atoms with Gasteiger partial charge in [-0.3, -0.25) is 5.32 Å². The van der Waals surface area contributed by atoms with Gasteiger partial charge in [-0.1, -0.05) is 24.3 Å². The zero-order valence-corrected chi connectivity index (χ0v) is 11.7. The highest BCUT2D eigenvalue weighted by Gasteiger charge is 2.49. The molecule has 0 radical (unpaired) electrons. The number of benzene rings is 1. The predicted octanol–water partition coefficient (Wildman–Crippen LogP) is 2.93. The van der Waals surface area contributed by atoms with Crippen molar-refractivity contribution in [2.75, 3.05) is 0 Å². The maximum Gasteiger partial charge on any atom is 0.127 e. The fraction of sp³-hybridized carbons (Fsp3) is 0.438. The van der Waals surface area contributed by atoms with Crippen molar-refractivity contribution in [3.8, 4) is 6.07 Å². The number of nitrogens with one attached hydrogen (secondary N) is 1. The van der Waals surface area contributed by atoms with E-state index >= 15 is 0 Å². The first-order valence-corrected chi connectivity index (χ1v) is 6.81. The van der Waals surface area contributed by atoms with E-state index in [1.165, 1.54) is 6.07 Å². The Labute approximate surface area is 118 Å². The molecule has 0 heterocycles. The van der Waals surface area contributed by atoms with Crippen molar-refractivity contribution in [3.05, 3.63) is 41.2 Å². The van der Waals surface area contributed by atoms with E-state index in [1.54, 1.807) is 13.0 Å². The van der Waals surface area contributed by atoms with Gasteiger partial charge in [-0.2, -0.15) is 5.26 Å². The van der Waals surface area contributed by atoms with Gasteiger partial charge in [-0.25, -0.2) is 4.39 Å². The van der Waals surface area contributed by atoms with Crippen LogP contribution in [0.4, 0.5) is 4.39 Å². The van der Waals surface area contributed by atoms with Gasteiger partial charge >= 0.3 is 0 Å². The molecular formula is C16H19FN2O. The molecule has 1 fully saturated rings. The molecule has 0 amide bonds. The van der Waals surface area contributed by atoms with E-state index < -0.39 is 11.8 Å². The van der Waals surface area contributed by atoms with Crippen LogP contribution in [0.1, 0.15) is 43.7 Å². The van der Waals surface area contributed by atoms with Gasteiger partial charge in [-0.15, -0.1) is 0 Å². The maximum absolute atomic E-state index is 14.2. The second-order valence-electron chi connectivity index (χ2n) is 5.28. The summed E-state index contributed by atoms with van der Waals surface area (Å²) in [6.45, 7) is 3.45.